The number of nitrogens with two attached hydrogens (primary N) is 1. The number of nitrogens with zero attached hydrogens (tertiary/aromatic N) is 2. The van der Waals surface area contributed by atoms with Crippen LogP contribution in [0.2, 0.25) is 5.02 Å². The van der Waals surface area contributed by atoms with Gasteiger partial charge in [0.1, 0.15) is 10.8 Å². The molecule has 4 heteroatoms. The summed E-state index contributed by atoms with van der Waals surface area (Å²) in [6.07, 6.45) is 0.844. The molecule has 0 spiro atoms. The van der Waals surface area contributed by atoms with Gasteiger partial charge in [-0.05, 0) is 11.8 Å². The molecular formula is C9H16ClN3. The lowest BCUT2D eigenvalue weighted by molar-refractivity contribution is 0.404. The second-order valence-electron chi connectivity index (χ2n) is 4.51. The van der Waals surface area contributed by atoms with Crippen molar-refractivity contribution >= 4 is 17.4 Å². The zero-order valence-corrected chi connectivity index (χ0v) is 9.31. The first kappa shape index (κ1) is 10.4. The lowest BCUT2D eigenvalue weighted by Crippen LogP contribution is -2.10. The van der Waals surface area contributed by atoms with E-state index < -0.39 is 0 Å². The summed E-state index contributed by atoms with van der Waals surface area (Å²) in [5.41, 5.74) is 6.76. The second-order valence-corrected chi connectivity index (χ2v) is 4.88. The highest BCUT2D eigenvalue weighted by Crippen LogP contribution is 2.28. The van der Waals surface area contributed by atoms with Crippen molar-refractivity contribution in [3.05, 3.63) is 10.7 Å². The molecule has 1 rings (SSSR count). The second kappa shape index (κ2) is 3.22. The Morgan fingerprint density at radius 1 is 1.46 bits per heavy atom. The SMILES string of the molecule is Cn1nc(CC(C)(C)C)c(Cl)c1N. The molecule has 0 aliphatic rings. The van der Waals surface area contributed by atoms with Gasteiger partial charge >= 0.3 is 0 Å². The van der Waals surface area contributed by atoms with Crippen molar-refractivity contribution in [1.82, 2.24) is 9.78 Å². The van der Waals surface area contributed by atoms with Crippen LogP contribution in [0.1, 0.15) is 26.5 Å². The highest BCUT2D eigenvalue weighted by molar-refractivity contribution is 6.33. The minimum atomic E-state index is 0.185. The van der Waals surface area contributed by atoms with Crippen molar-refractivity contribution in [2.24, 2.45) is 12.5 Å². The predicted octanol–water partition coefficient (Wildman–Crippen LogP) is 2.24. The summed E-state index contributed by atoms with van der Waals surface area (Å²) in [4.78, 5) is 0. The largest absolute Gasteiger partial charge is 0.383 e. The van der Waals surface area contributed by atoms with Crippen LogP contribution in [0.4, 0.5) is 5.82 Å². The first-order chi connectivity index (χ1) is 5.81. The van der Waals surface area contributed by atoms with Gasteiger partial charge < -0.3 is 5.73 Å². The van der Waals surface area contributed by atoms with Crippen molar-refractivity contribution in [2.75, 3.05) is 5.73 Å². The number of halogens is 1. The Balaban J connectivity index is 2.97. The van der Waals surface area contributed by atoms with Gasteiger partial charge in [-0.25, -0.2) is 0 Å². The van der Waals surface area contributed by atoms with Crippen LogP contribution in [0, 0.1) is 5.41 Å². The normalized spacial score (nSPS) is 12.1. The van der Waals surface area contributed by atoms with Crippen LogP contribution in [0.5, 0.6) is 0 Å². The lowest BCUT2D eigenvalue weighted by atomic mass is 9.91. The summed E-state index contributed by atoms with van der Waals surface area (Å²) >= 11 is 6.01. The minimum Gasteiger partial charge on any atom is -0.383 e. The monoisotopic (exact) mass is 201 g/mol. The Morgan fingerprint density at radius 2 is 2.00 bits per heavy atom. The summed E-state index contributed by atoms with van der Waals surface area (Å²) in [7, 11) is 1.80. The van der Waals surface area contributed by atoms with E-state index in [0.29, 0.717) is 10.8 Å². The van der Waals surface area contributed by atoms with Gasteiger partial charge in [-0.15, -0.1) is 0 Å². The topological polar surface area (TPSA) is 43.8 Å². The number of hydrogen-bond acceptors (Lipinski definition) is 2. The number of aryl methyl sites for hydroxylation is 1. The number of rotatable bonds is 1. The standard InChI is InChI=1S/C9H16ClN3/c1-9(2,3)5-6-7(10)8(11)13(4)12-6/h5,11H2,1-4H3. The maximum absolute atomic E-state index is 6.01. The van der Waals surface area contributed by atoms with Gasteiger partial charge in [-0.3, -0.25) is 4.68 Å². The smallest absolute Gasteiger partial charge is 0.140 e. The predicted molar refractivity (Wildman–Crippen MR) is 55.8 cm³/mol. The van der Waals surface area contributed by atoms with Crippen molar-refractivity contribution < 1.29 is 0 Å². The molecule has 0 bridgehead atoms. The van der Waals surface area contributed by atoms with Crippen LogP contribution in [0.15, 0.2) is 0 Å². The van der Waals surface area contributed by atoms with E-state index in [9.17, 15) is 0 Å². The fourth-order valence-electron chi connectivity index (χ4n) is 1.18. The van der Waals surface area contributed by atoms with Gasteiger partial charge in [0.05, 0.1) is 5.69 Å². The van der Waals surface area contributed by atoms with Gasteiger partial charge in [0, 0.05) is 7.05 Å². The molecule has 2 N–H and O–H groups in total. The Labute approximate surface area is 83.9 Å². The molecule has 1 aromatic heterocycles. The van der Waals surface area contributed by atoms with E-state index in [1.165, 1.54) is 0 Å². The average Bonchev–Trinajstić information content (AvgIpc) is 2.15. The Kier molecular flexibility index (Phi) is 2.57. The molecule has 3 nitrogen and oxygen atoms in total. The van der Waals surface area contributed by atoms with Gasteiger partial charge in [0.2, 0.25) is 0 Å². The van der Waals surface area contributed by atoms with Gasteiger partial charge in [-0.2, -0.15) is 5.10 Å². The van der Waals surface area contributed by atoms with Crippen LogP contribution in [0.25, 0.3) is 0 Å². The van der Waals surface area contributed by atoms with Crippen molar-refractivity contribution in [2.45, 2.75) is 27.2 Å². The number of anilines is 1. The quantitative estimate of drug-likeness (QED) is 0.758. The van der Waals surface area contributed by atoms with Crippen LogP contribution >= 0.6 is 11.6 Å². The molecule has 0 radical (unpaired) electrons. The maximum atomic E-state index is 6.01. The Bertz CT molecular complexity index is 309. The number of hydrogen-bond donors (Lipinski definition) is 1. The molecule has 0 saturated carbocycles. The van der Waals surface area contributed by atoms with Crippen LogP contribution in [0.3, 0.4) is 0 Å². The highest BCUT2D eigenvalue weighted by Gasteiger charge is 2.18. The molecule has 0 aliphatic carbocycles. The van der Waals surface area contributed by atoms with E-state index in [-0.39, 0.29) is 5.41 Å². The van der Waals surface area contributed by atoms with Crippen LogP contribution in [-0.2, 0) is 13.5 Å². The van der Waals surface area contributed by atoms with Crippen LogP contribution < -0.4 is 5.73 Å². The van der Waals surface area contributed by atoms with Gasteiger partial charge in [-0.1, -0.05) is 32.4 Å². The van der Waals surface area contributed by atoms with Crippen molar-refractivity contribution in [3.8, 4) is 0 Å². The molecule has 0 amide bonds. The summed E-state index contributed by atoms with van der Waals surface area (Å²) in [5, 5.41) is 4.85. The molecule has 0 saturated heterocycles. The molecule has 0 atom stereocenters. The Morgan fingerprint density at radius 3 is 2.31 bits per heavy atom. The highest BCUT2D eigenvalue weighted by atomic mass is 35.5. The fraction of sp³-hybridized carbons (Fsp3) is 0.667. The first-order valence-corrected chi connectivity index (χ1v) is 4.66. The number of nitrogen functional groups attached to an aromatic ring is 1. The summed E-state index contributed by atoms with van der Waals surface area (Å²) in [6, 6.07) is 0. The molecule has 13 heavy (non-hydrogen) atoms. The molecule has 1 heterocycles. The van der Waals surface area contributed by atoms with Gasteiger partial charge in [0.25, 0.3) is 0 Å². The number of aromatic nitrogens is 2. The zero-order chi connectivity index (χ0) is 10.2. The summed E-state index contributed by atoms with van der Waals surface area (Å²) in [6.45, 7) is 6.44. The van der Waals surface area contributed by atoms with E-state index in [0.717, 1.165) is 12.1 Å². The fourth-order valence-corrected chi connectivity index (χ4v) is 1.41. The zero-order valence-electron chi connectivity index (χ0n) is 8.56. The average molecular weight is 202 g/mol. The maximum Gasteiger partial charge on any atom is 0.140 e. The summed E-state index contributed by atoms with van der Waals surface area (Å²) < 4.78 is 1.61. The molecule has 0 aromatic carbocycles. The lowest BCUT2D eigenvalue weighted by Gasteiger charge is -2.15. The third kappa shape index (κ3) is 2.37. The molecule has 74 valence electrons. The van der Waals surface area contributed by atoms with Gasteiger partial charge in [0.15, 0.2) is 0 Å². The van der Waals surface area contributed by atoms with E-state index in [1.54, 1.807) is 11.7 Å². The molecule has 0 fully saturated rings. The van der Waals surface area contributed by atoms with E-state index in [2.05, 4.69) is 25.9 Å². The molecular weight excluding hydrogens is 186 g/mol. The molecule has 0 aliphatic heterocycles. The molecule has 1 aromatic rings. The molecule has 0 unspecified atom stereocenters. The van der Waals surface area contributed by atoms with Crippen LogP contribution in [-0.4, -0.2) is 9.78 Å². The third-order valence-electron chi connectivity index (χ3n) is 1.80. The van der Waals surface area contributed by atoms with E-state index in [4.69, 9.17) is 17.3 Å². The van der Waals surface area contributed by atoms with Crippen molar-refractivity contribution in [1.29, 1.82) is 0 Å². The minimum absolute atomic E-state index is 0.185. The third-order valence-corrected chi connectivity index (χ3v) is 2.21. The first-order valence-electron chi connectivity index (χ1n) is 4.28. The van der Waals surface area contributed by atoms with E-state index in [1.807, 2.05) is 0 Å². The summed E-state index contributed by atoms with van der Waals surface area (Å²) in [5.74, 6) is 0.543. The van der Waals surface area contributed by atoms with Crippen molar-refractivity contribution in [3.63, 3.8) is 0 Å². The van der Waals surface area contributed by atoms with E-state index >= 15 is 0 Å². The Hall–Kier alpha value is -0.700.